The number of hydrogen-bond donors (Lipinski definition) is 2. The van der Waals surface area contributed by atoms with E-state index in [1.807, 2.05) is 43.4 Å². The molecule has 0 radical (unpaired) electrons. The second-order valence-corrected chi connectivity index (χ2v) is 7.23. The van der Waals surface area contributed by atoms with Crippen molar-refractivity contribution in [2.75, 3.05) is 6.54 Å². The largest absolute Gasteiger partial charge is 0.347 e. The maximum absolute atomic E-state index is 12.7. The Kier molecular flexibility index (Phi) is 5.67. The summed E-state index contributed by atoms with van der Waals surface area (Å²) in [6.07, 6.45) is 3.29. The van der Waals surface area contributed by atoms with Crippen LogP contribution in [0.5, 0.6) is 0 Å². The van der Waals surface area contributed by atoms with Crippen LogP contribution in [0.1, 0.15) is 15.9 Å². The molecule has 5 nitrogen and oxygen atoms in total. The van der Waals surface area contributed by atoms with Crippen molar-refractivity contribution in [2.45, 2.75) is 0 Å². The monoisotopic (exact) mass is 409 g/mol. The Morgan fingerprint density at radius 2 is 1.65 bits per heavy atom. The van der Waals surface area contributed by atoms with E-state index in [1.165, 1.54) is 0 Å². The molecule has 4 rings (SSSR count). The summed E-state index contributed by atoms with van der Waals surface area (Å²) >= 11 is 0. The molecule has 4 aromatic rings. The van der Waals surface area contributed by atoms with Crippen molar-refractivity contribution < 1.29 is 9.59 Å². The zero-order chi connectivity index (χ0) is 21.8. The lowest BCUT2D eigenvalue weighted by molar-refractivity contribution is -0.117. The third-order valence-electron chi connectivity index (χ3n) is 5.18. The van der Waals surface area contributed by atoms with Crippen LogP contribution in [0.2, 0.25) is 0 Å². The van der Waals surface area contributed by atoms with Gasteiger partial charge in [0, 0.05) is 41.0 Å². The van der Waals surface area contributed by atoms with Gasteiger partial charge in [-0.2, -0.15) is 0 Å². The van der Waals surface area contributed by atoms with Gasteiger partial charge >= 0.3 is 0 Å². The summed E-state index contributed by atoms with van der Waals surface area (Å²) in [4.78, 5) is 25.4. The molecule has 3 aromatic carbocycles. The average molecular weight is 409 g/mol. The Bertz CT molecular complexity index is 1320. The van der Waals surface area contributed by atoms with Crippen molar-refractivity contribution in [1.82, 2.24) is 15.2 Å². The zero-order valence-corrected chi connectivity index (χ0v) is 17.3. The molecule has 31 heavy (non-hydrogen) atoms. The first-order chi connectivity index (χ1) is 15.1. The molecule has 0 saturated carbocycles. The molecule has 2 amide bonds. The molecule has 154 valence electrons. The molecule has 0 atom stereocenters. The summed E-state index contributed by atoms with van der Waals surface area (Å²) in [5.74, 6) is -0.714. The molecule has 1 heterocycles. The molecule has 0 aliphatic rings. The second-order valence-electron chi connectivity index (χ2n) is 7.23. The summed E-state index contributed by atoms with van der Waals surface area (Å²) in [5, 5.41) is 7.72. The van der Waals surface area contributed by atoms with Crippen molar-refractivity contribution in [1.29, 1.82) is 0 Å². The number of nitrogens with zero attached hydrogens (tertiary/aromatic N) is 1. The minimum atomic E-state index is -0.373. The van der Waals surface area contributed by atoms with Gasteiger partial charge in [0.1, 0.15) is 5.70 Å². The Labute approximate surface area is 180 Å². The molecular weight excluding hydrogens is 386 g/mol. The van der Waals surface area contributed by atoms with E-state index in [1.54, 1.807) is 36.4 Å². The predicted octanol–water partition coefficient (Wildman–Crippen LogP) is 4.40. The maximum Gasteiger partial charge on any atom is 0.268 e. The second kappa shape index (κ2) is 8.71. The molecule has 0 aliphatic heterocycles. The standard InChI is InChI=1S/C26H23N3O2/c1-3-15-27-26(31)22(28-25(30)19-9-5-4-6-10-19)17-18-13-14-24-21(16-18)20-11-7-8-12-23(20)29(24)2/h3-14,16-17H,1,15H2,2H3,(H,27,31)(H,28,30)/b22-17+. The summed E-state index contributed by atoms with van der Waals surface area (Å²) in [6.45, 7) is 3.93. The van der Waals surface area contributed by atoms with Gasteiger partial charge in [-0.15, -0.1) is 6.58 Å². The van der Waals surface area contributed by atoms with Crippen LogP contribution in [0.25, 0.3) is 27.9 Å². The number of aryl methyl sites for hydroxylation is 1. The van der Waals surface area contributed by atoms with Crippen LogP contribution in [-0.2, 0) is 11.8 Å². The fraction of sp³-hybridized carbons (Fsp3) is 0.0769. The van der Waals surface area contributed by atoms with Crippen LogP contribution in [0, 0.1) is 0 Å². The summed E-state index contributed by atoms with van der Waals surface area (Å²) in [5.41, 5.74) is 3.72. The van der Waals surface area contributed by atoms with Gasteiger partial charge in [0.2, 0.25) is 0 Å². The highest BCUT2D eigenvalue weighted by atomic mass is 16.2. The van der Waals surface area contributed by atoms with Crippen LogP contribution in [0.4, 0.5) is 0 Å². The number of nitrogens with one attached hydrogen (secondary N) is 2. The molecule has 1 aromatic heterocycles. The number of fused-ring (bicyclic) bond motifs is 3. The fourth-order valence-electron chi connectivity index (χ4n) is 3.64. The highest BCUT2D eigenvalue weighted by molar-refractivity contribution is 6.09. The van der Waals surface area contributed by atoms with E-state index in [4.69, 9.17) is 0 Å². The minimum absolute atomic E-state index is 0.176. The summed E-state index contributed by atoms with van der Waals surface area (Å²) < 4.78 is 2.15. The van der Waals surface area contributed by atoms with E-state index in [0.29, 0.717) is 12.1 Å². The van der Waals surface area contributed by atoms with E-state index < -0.39 is 0 Å². The van der Waals surface area contributed by atoms with Crippen LogP contribution in [-0.4, -0.2) is 22.9 Å². The lowest BCUT2D eigenvalue weighted by Gasteiger charge is -2.10. The first-order valence-electron chi connectivity index (χ1n) is 10.0. The highest BCUT2D eigenvalue weighted by Gasteiger charge is 2.15. The number of para-hydroxylation sites is 1. The normalized spacial score (nSPS) is 11.5. The molecule has 0 aliphatic carbocycles. The molecule has 5 heteroatoms. The summed E-state index contributed by atoms with van der Waals surface area (Å²) in [7, 11) is 2.04. The van der Waals surface area contributed by atoms with Crippen LogP contribution >= 0.6 is 0 Å². The highest BCUT2D eigenvalue weighted by Crippen LogP contribution is 2.29. The van der Waals surface area contributed by atoms with E-state index >= 15 is 0 Å². The van der Waals surface area contributed by atoms with Gasteiger partial charge in [-0.25, -0.2) is 0 Å². The van der Waals surface area contributed by atoms with Gasteiger partial charge < -0.3 is 15.2 Å². The zero-order valence-electron chi connectivity index (χ0n) is 17.3. The van der Waals surface area contributed by atoms with E-state index in [-0.39, 0.29) is 17.5 Å². The number of rotatable bonds is 6. The fourth-order valence-corrected chi connectivity index (χ4v) is 3.64. The average Bonchev–Trinajstić information content (AvgIpc) is 3.09. The van der Waals surface area contributed by atoms with Gasteiger partial charge in [-0.1, -0.05) is 48.5 Å². The van der Waals surface area contributed by atoms with Crippen LogP contribution in [0.15, 0.2) is 91.1 Å². The molecule has 0 unspecified atom stereocenters. The lowest BCUT2D eigenvalue weighted by Crippen LogP contribution is -2.34. The van der Waals surface area contributed by atoms with Crippen LogP contribution in [0.3, 0.4) is 0 Å². The van der Waals surface area contributed by atoms with E-state index in [9.17, 15) is 9.59 Å². The number of carbonyl (C=O) groups is 2. The maximum atomic E-state index is 12.7. The quantitative estimate of drug-likeness (QED) is 0.366. The third kappa shape index (κ3) is 4.12. The van der Waals surface area contributed by atoms with E-state index in [0.717, 1.165) is 27.4 Å². The molecule has 0 bridgehead atoms. The van der Waals surface area contributed by atoms with Gasteiger partial charge in [0.05, 0.1) is 0 Å². The van der Waals surface area contributed by atoms with Crippen molar-refractivity contribution in [2.24, 2.45) is 7.05 Å². The SMILES string of the molecule is C=CCNC(=O)/C(=C\c1ccc2c(c1)c1ccccc1n2C)NC(=O)c1ccccc1. The smallest absolute Gasteiger partial charge is 0.268 e. The van der Waals surface area contributed by atoms with Crippen LogP contribution < -0.4 is 10.6 Å². The predicted molar refractivity (Wildman–Crippen MR) is 126 cm³/mol. The molecule has 2 N–H and O–H groups in total. The van der Waals surface area contributed by atoms with Crippen molar-refractivity contribution in [3.8, 4) is 0 Å². The number of hydrogen-bond acceptors (Lipinski definition) is 2. The third-order valence-corrected chi connectivity index (χ3v) is 5.18. The van der Waals surface area contributed by atoms with Gasteiger partial charge in [0.25, 0.3) is 11.8 Å². The molecule has 0 fully saturated rings. The van der Waals surface area contributed by atoms with Gasteiger partial charge in [0.15, 0.2) is 0 Å². The first-order valence-corrected chi connectivity index (χ1v) is 10.0. The van der Waals surface area contributed by atoms with Gasteiger partial charge in [-0.3, -0.25) is 9.59 Å². The molecule has 0 saturated heterocycles. The molecular formula is C26H23N3O2. The Morgan fingerprint density at radius 3 is 2.42 bits per heavy atom. The van der Waals surface area contributed by atoms with Crippen molar-refractivity contribution >= 4 is 39.7 Å². The first kappa shape index (κ1) is 20.2. The van der Waals surface area contributed by atoms with Gasteiger partial charge in [-0.05, 0) is 42.0 Å². The summed E-state index contributed by atoms with van der Waals surface area (Å²) in [6, 6.07) is 23.0. The number of aromatic nitrogens is 1. The number of benzene rings is 3. The lowest BCUT2D eigenvalue weighted by atomic mass is 10.1. The Morgan fingerprint density at radius 1 is 0.935 bits per heavy atom. The van der Waals surface area contributed by atoms with E-state index in [2.05, 4.69) is 33.9 Å². The van der Waals surface area contributed by atoms with Crippen molar-refractivity contribution in [3.05, 3.63) is 102 Å². The molecule has 0 spiro atoms. The number of carbonyl (C=O) groups excluding carboxylic acids is 2. The topological polar surface area (TPSA) is 63.1 Å². The minimum Gasteiger partial charge on any atom is -0.347 e. The Hall–Kier alpha value is -4.12. The van der Waals surface area contributed by atoms with Crippen molar-refractivity contribution in [3.63, 3.8) is 0 Å². The Balaban J connectivity index is 1.74. The number of amides is 2.